The lowest BCUT2D eigenvalue weighted by Gasteiger charge is -2.24. The summed E-state index contributed by atoms with van der Waals surface area (Å²) in [5, 5.41) is 0. The Bertz CT molecular complexity index is 170. The van der Waals surface area contributed by atoms with E-state index < -0.39 is 0 Å². The van der Waals surface area contributed by atoms with E-state index in [1.807, 2.05) is 18.7 Å². The van der Waals surface area contributed by atoms with Gasteiger partial charge in [-0.1, -0.05) is 0 Å². The number of nitrogens with two attached hydrogens (primary N) is 1. The topological polar surface area (TPSA) is 62.9 Å². The first-order valence-electron chi connectivity index (χ1n) is 4.94. The number of rotatable bonds is 5. The fourth-order valence-electron chi connectivity index (χ4n) is 1.07. The molecule has 0 saturated carbocycles. The molecule has 0 atom stereocenters. The van der Waals surface area contributed by atoms with Gasteiger partial charge in [-0.25, -0.2) is 10.8 Å². The second-order valence-electron chi connectivity index (χ2n) is 3.26. The molecular weight excluding hydrogens is 180 g/mol. The van der Waals surface area contributed by atoms with Crippen LogP contribution in [0.4, 0.5) is 0 Å². The van der Waals surface area contributed by atoms with Crippen molar-refractivity contribution >= 4 is 5.96 Å². The van der Waals surface area contributed by atoms with Crippen LogP contribution < -0.4 is 11.3 Å². The highest BCUT2D eigenvalue weighted by Crippen LogP contribution is 1.93. The largest absolute Gasteiger partial charge is 0.383 e. The van der Waals surface area contributed by atoms with Gasteiger partial charge in [0.15, 0.2) is 0 Å². The SMILES string of the molecule is CCN(CCOC)C(=NC(C)C)NN. The summed E-state index contributed by atoms with van der Waals surface area (Å²) < 4.78 is 5.01. The number of hydrogen-bond donors (Lipinski definition) is 2. The predicted molar refractivity (Wildman–Crippen MR) is 59.0 cm³/mol. The van der Waals surface area contributed by atoms with Gasteiger partial charge in [-0.2, -0.15) is 0 Å². The van der Waals surface area contributed by atoms with Crippen molar-refractivity contribution in [2.24, 2.45) is 10.8 Å². The molecule has 14 heavy (non-hydrogen) atoms. The number of guanidine groups is 1. The molecular formula is C9H22N4O. The summed E-state index contributed by atoms with van der Waals surface area (Å²) >= 11 is 0. The van der Waals surface area contributed by atoms with Crippen LogP contribution in [-0.2, 0) is 4.74 Å². The zero-order chi connectivity index (χ0) is 11.0. The molecule has 0 fully saturated rings. The molecule has 5 heteroatoms. The highest BCUT2D eigenvalue weighted by Gasteiger charge is 2.07. The van der Waals surface area contributed by atoms with Crippen LogP contribution >= 0.6 is 0 Å². The van der Waals surface area contributed by atoms with E-state index in [-0.39, 0.29) is 6.04 Å². The van der Waals surface area contributed by atoms with Crippen LogP contribution in [-0.4, -0.2) is 43.7 Å². The summed E-state index contributed by atoms with van der Waals surface area (Å²) in [4.78, 5) is 6.42. The van der Waals surface area contributed by atoms with Crippen LogP contribution in [0.3, 0.4) is 0 Å². The number of nitrogens with one attached hydrogen (secondary N) is 1. The third kappa shape index (κ3) is 5.04. The molecule has 0 aliphatic heterocycles. The van der Waals surface area contributed by atoms with E-state index in [4.69, 9.17) is 10.6 Å². The minimum atomic E-state index is 0.234. The highest BCUT2D eigenvalue weighted by atomic mass is 16.5. The van der Waals surface area contributed by atoms with E-state index in [1.165, 1.54) is 0 Å². The van der Waals surface area contributed by atoms with Gasteiger partial charge in [-0.15, -0.1) is 0 Å². The third-order valence-electron chi connectivity index (χ3n) is 1.76. The van der Waals surface area contributed by atoms with Gasteiger partial charge in [0.25, 0.3) is 0 Å². The average molecular weight is 202 g/mol. The van der Waals surface area contributed by atoms with Crippen LogP contribution in [0.5, 0.6) is 0 Å². The van der Waals surface area contributed by atoms with Crippen molar-refractivity contribution in [3.63, 3.8) is 0 Å². The Morgan fingerprint density at radius 3 is 2.57 bits per heavy atom. The van der Waals surface area contributed by atoms with E-state index in [0.717, 1.165) is 19.0 Å². The molecule has 0 aromatic heterocycles. The summed E-state index contributed by atoms with van der Waals surface area (Å²) in [5.41, 5.74) is 2.61. The van der Waals surface area contributed by atoms with E-state index >= 15 is 0 Å². The zero-order valence-electron chi connectivity index (χ0n) is 9.58. The van der Waals surface area contributed by atoms with Crippen molar-refractivity contribution in [1.82, 2.24) is 10.3 Å². The van der Waals surface area contributed by atoms with E-state index in [2.05, 4.69) is 17.3 Å². The first kappa shape index (κ1) is 13.2. The first-order chi connectivity index (χ1) is 6.65. The monoisotopic (exact) mass is 202 g/mol. The fraction of sp³-hybridized carbons (Fsp3) is 0.889. The normalized spacial score (nSPS) is 12.0. The van der Waals surface area contributed by atoms with Crippen LogP contribution in [0.25, 0.3) is 0 Å². The number of methoxy groups -OCH3 is 1. The summed E-state index contributed by atoms with van der Waals surface area (Å²) in [6.45, 7) is 8.42. The predicted octanol–water partition coefficient (Wildman–Crippen LogP) is 0.182. The van der Waals surface area contributed by atoms with Gasteiger partial charge in [0.05, 0.1) is 6.61 Å². The molecule has 0 rings (SSSR count). The van der Waals surface area contributed by atoms with Crippen molar-refractivity contribution in [3.8, 4) is 0 Å². The van der Waals surface area contributed by atoms with Crippen molar-refractivity contribution in [2.75, 3.05) is 26.8 Å². The molecule has 0 aromatic rings. The maximum Gasteiger partial charge on any atom is 0.208 e. The lowest BCUT2D eigenvalue weighted by molar-refractivity contribution is 0.176. The molecule has 0 radical (unpaired) electrons. The van der Waals surface area contributed by atoms with Crippen LogP contribution in [0.2, 0.25) is 0 Å². The molecule has 5 nitrogen and oxygen atoms in total. The average Bonchev–Trinajstić information content (AvgIpc) is 2.16. The Morgan fingerprint density at radius 1 is 1.57 bits per heavy atom. The molecule has 0 saturated heterocycles. The number of hydrazine groups is 1. The Labute approximate surface area is 86.3 Å². The number of ether oxygens (including phenoxy) is 1. The van der Waals surface area contributed by atoms with Gasteiger partial charge in [0, 0.05) is 26.2 Å². The summed E-state index contributed by atoms with van der Waals surface area (Å²) in [6.07, 6.45) is 0. The quantitative estimate of drug-likeness (QED) is 0.289. The number of likely N-dealkylation sites (N-methyl/N-ethyl adjacent to an activating group) is 1. The molecule has 84 valence electrons. The smallest absolute Gasteiger partial charge is 0.208 e. The van der Waals surface area contributed by atoms with Crippen molar-refractivity contribution in [1.29, 1.82) is 0 Å². The third-order valence-corrected chi connectivity index (χ3v) is 1.76. The molecule has 0 bridgehead atoms. The van der Waals surface area contributed by atoms with Gasteiger partial charge in [0.1, 0.15) is 0 Å². The van der Waals surface area contributed by atoms with Crippen LogP contribution in [0.1, 0.15) is 20.8 Å². The summed E-state index contributed by atoms with van der Waals surface area (Å²) in [6, 6.07) is 0.234. The standard InChI is InChI=1S/C9H22N4O/c1-5-13(6-7-14-4)9(12-10)11-8(2)3/h8H,5-7,10H2,1-4H3,(H,11,12). The Hall–Kier alpha value is -0.810. The van der Waals surface area contributed by atoms with E-state index in [9.17, 15) is 0 Å². The Balaban J connectivity index is 4.28. The Morgan fingerprint density at radius 2 is 2.21 bits per heavy atom. The number of nitrogens with zero attached hydrogens (tertiary/aromatic N) is 2. The van der Waals surface area contributed by atoms with Gasteiger partial charge in [-0.05, 0) is 20.8 Å². The maximum atomic E-state index is 5.41. The minimum absolute atomic E-state index is 0.234. The zero-order valence-corrected chi connectivity index (χ0v) is 9.58. The van der Waals surface area contributed by atoms with Crippen molar-refractivity contribution in [3.05, 3.63) is 0 Å². The molecule has 0 aliphatic rings. The lowest BCUT2D eigenvalue weighted by atomic mass is 10.4. The second-order valence-corrected chi connectivity index (χ2v) is 3.26. The highest BCUT2D eigenvalue weighted by molar-refractivity contribution is 5.79. The molecule has 0 aromatic carbocycles. The van der Waals surface area contributed by atoms with E-state index in [0.29, 0.717) is 6.61 Å². The Kier molecular flexibility index (Phi) is 7.14. The molecule has 0 aliphatic carbocycles. The minimum Gasteiger partial charge on any atom is -0.383 e. The molecule has 0 spiro atoms. The maximum absolute atomic E-state index is 5.41. The number of aliphatic imine (C=N–C) groups is 1. The molecule has 0 unspecified atom stereocenters. The molecule has 3 N–H and O–H groups in total. The van der Waals surface area contributed by atoms with Gasteiger partial charge in [0.2, 0.25) is 5.96 Å². The van der Waals surface area contributed by atoms with Gasteiger partial charge >= 0.3 is 0 Å². The summed E-state index contributed by atoms with van der Waals surface area (Å²) in [7, 11) is 1.68. The second kappa shape index (κ2) is 7.58. The fourth-order valence-corrected chi connectivity index (χ4v) is 1.07. The molecule has 0 amide bonds. The van der Waals surface area contributed by atoms with Crippen molar-refractivity contribution < 1.29 is 4.74 Å². The summed E-state index contributed by atoms with van der Waals surface area (Å²) in [5.74, 6) is 6.13. The first-order valence-corrected chi connectivity index (χ1v) is 4.94. The molecule has 0 heterocycles. The van der Waals surface area contributed by atoms with Gasteiger partial charge < -0.3 is 9.64 Å². The van der Waals surface area contributed by atoms with Gasteiger partial charge in [-0.3, -0.25) is 5.43 Å². The van der Waals surface area contributed by atoms with Crippen LogP contribution in [0.15, 0.2) is 4.99 Å². The number of hydrogen-bond acceptors (Lipinski definition) is 3. The van der Waals surface area contributed by atoms with Crippen LogP contribution in [0, 0.1) is 0 Å². The lowest BCUT2D eigenvalue weighted by Crippen LogP contribution is -2.46. The van der Waals surface area contributed by atoms with Crippen molar-refractivity contribution in [2.45, 2.75) is 26.8 Å². The van der Waals surface area contributed by atoms with E-state index in [1.54, 1.807) is 7.11 Å².